The average Bonchev–Trinajstić information content (AvgIpc) is 2.79. The van der Waals surface area contributed by atoms with E-state index in [0.29, 0.717) is 18.7 Å². The van der Waals surface area contributed by atoms with Crippen molar-refractivity contribution in [3.8, 4) is 0 Å². The summed E-state index contributed by atoms with van der Waals surface area (Å²) >= 11 is 0. The molecule has 30 heavy (non-hydrogen) atoms. The van der Waals surface area contributed by atoms with Crippen molar-refractivity contribution in [2.75, 3.05) is 13.1 Å². The third-order valence-electron chi connectivity index (χ3n) is 6.27. The predicted octanol–water partition coefficient (Wildman–Crippen LogP) is 4.23. The second-order valence-corrected chi connectivity index (χ2v) is 10.4. The Bertz CT molecular complexity index is 1030. The number of hydrogen-bond donors (Lipinski definition) is 1. The minimum atomic E-state index is -3.56. The first kappa shape index (κ1) is 21.1. The third-order valence-corrected chi connectivity index (χ3v) is 8.16. The highest BCUT2D eigenvalue weighted by molar-refractivity contribution is 7.89. The molecule has 1 saturated heterocycles. The Morgan fingerprint density at radius 3 is 2.43 bits per heavy atom. The molecule has 1 amide bonds. The molecular weight excluding hydrogens is 396 g/mol. The summed E-state index contributed by atoms with van der Waals surface area (Å²) in [5.74, 6) is -0.254. The van der Waals surface area contributed by atoms with E-state index in [9.17, 15) is 13.2 Å². The highest BCUT2D eigenvalue weighted by Crippen LogP contribution is 2.25. The van der Waals surface area contributed by atoms with E-state index in [1.54, 1.807) is 18.2 Å². The molecule has 1 heterocycles. The SMILES string of the molecule is CC(NC(=O)c1cccc(S(=O)(=O)N2CCCCC2)c1)c1ccc2c(c1)CCCC2. The van der Waals surface area contributed by atoms with E-state index in [1.165, 1.54) is 34.3 Å². The molecule has 0 bridgehead atoms. The van der Waals surface area contributed by atoms with Gasteiger partial charge in [0.25, 0.3) is 5.91 Å². The van der Waals surface area contributed by atoms with Crippen molar-refractivity contribution in [1.29, 1.82) is 0 Å². The van der Waals surface area contributed by atoms with Gasteiger partial charge in [-0.1, -0.05) is 30.7 Å². The number of nitrogens with zero attached hydrogens (tertiary/aromatic N) is 1. The van der Waals surface area contributed by atoms with Crippen molar-refractivity contribution in [3.05, 3.63) is 64.7 Å². The van der Waals surface area contributed by atoms with E-state index in [0.717, 1.165) is 37.7 Å². The molecule has 0 saturated carbocycles. The normalized spacial score (nSPS) is 18.4. The molecule has 6 heteroatoms. The fourth-order valence-electron chi connectivity index (χ4n) is 4.44. The van der Waals surface area contributed by atoms with Gasteiger partial charge < -0.3 is 5.32 Å². The van der Waals surface area contributed by atoms with Gasteiger partial charge in [-0.05, 0) is 80.3 Å². The first-order valence-corrected chi connectivity index (χ1v) is 12.4. The van der Waals surface area contributed by atoms with Crippen molar-refractivity contribution in [3.63, 3.8) is 0 Å². The molecule has 4 rings (SSSR count). The van der Waals surface area contributed by atoms with Gasteiger partial charge in [0.1, 0.15) is 0 Å². The fraction of sp³-hybridized carbons (Fsp3) is 0.458. The molecule has 0 radical (unpaired) electrons. The van der Waals surface area contributed by atoms with Crippen LogP contribution in [0.3, 0.4) is 0 Å². The lowest BCUT2D eigenvalue weighted by Crippen LogP contribution is -2.35. The number of sulfonamides is 1. The maximum Gasteiger partial charge on any atom is 0.251 e. The van der Waals surface area contributed by atoms with Crippen molar-refractivity contribution < 1.29 is 13.2 Å². The summed E-state index contributed by atoms with van der Waals surface area (Å²) in [4.78, 5) is 13.0. The Labute approximate surface area is 179 Å². The number of rotatable bonds is 5. The van der Waals surface area contributed by atoms with Crippen LogP contribution in [0.15, 0.2) is 47.4 Å². The van der Waals surface area contributed by atoms with Crippen LogP contribution in [0.25, 0.3) is 0 Å². The third kappa shape index (κ3) is 4.44. The van der Waals surface area contributed by atoms with Gasteiger partial charge in [0.05, 0.1) is 10.9 Å². The van der Waals surface area contributed by atoms with Crippen molar-refractivity contribution >= 4 is 15.9 Å². The zero-order valence-corrected chi connectivity index (χ0v) is 18.4. The number of hydrogen-bond acceptors (Lipinski definition) is 3. The summed E-state index contributed by atoms with van der Waals surface area (Å²) in [6.45, 7) is 3.07. The molecule has 2 aliphatic rings. The molecule has 1 fully saturated rings. The molecule has 1 N–H and O–H groups in total. The molecule has 5 nitrogen and oxygen atoms in total. The first-order chi connectivity index (χ1) is 14.4. The van der Waals surface area contributed by atoms with Crippen LogP contribution < -0.4 is 5.32 Å². The summed E-state index contributed by atoms with van der Waals surface area (Å²) in [7, 11) is -3.56. The summed E-state index contributed by atoms with van der Waals surface area (Å²) in [6.07, 6.45) is 7.53. The zero-order chi connectivity index (χ0) is 21.1. The number of benzene rings is 2. The van der Waals surface area contributed by atoms with Gasteiger partial charge in [-0.15, -0.1) is 0 Å². The maximum absolute atomic E-state index is 12.9. The van der Waals surface area contributed by atoms with Gasteiger partial charge in [0.15, 0.2) is 0 Å². The second-order valence-electron chi connectivity index (χ2n) is 8.42. The van der Waals surface area contributed by atoms with Crippen molar-refractivity contribution in [1.82, 2.24) is 9.62 Å². The van der Waals surface area contributed by atoms with Crippen LogP contribution in [0.2, 0.25) is 0 Å². The van der Waals surface area contributed by atoms with Crippen LogP contribution in [0, 0.1) is 0 Å². The van der Waals surface area contributed by atoms with Gasteiger partial charge in [0, 0.05) is 18.7 Å². The van der Waals surface area contributed by atoms with Crippen LogP contribution in [-0.4, -0.2) is 31.7 Å². The summed E-state index contributed by atoms with van der Waals surface area (Å²) < 4.78 is 27.4. The molecule has 1 unspecified atom stereocenters. The lowest BCUT2D eigenvalue weighted by atomic mass is 9.89. The van der Waals surface area contributed by atoms with Gasteiger partial charge in [-0.2, -0.15) is 4.31 Å². The van der Waals surface area contributed by atoms with E-state index < -0.39 is 10.0 Å². The van der Waals surface area contributed by atoms with E-state index >= 15 is 0 Å². The number of amides is 1. The smallest absolute Gasteiger partial charge is 0.251 e. The van der Waals surface area contributed by atoms with Gasteiger partial charge in [-0.3, -0.25) is 4.79 Å². The number of nitrogens with one attached hydrogen (secondary N) is 1. The minimum Gasteiger partial charge on any atom is -0.346 e. The second kappa shape index (κ2) is 8.90. The monoisotopic (exact) mass is 426 g/mol. The number of carbonyl (C=O) groups excluding carboxylic acids is 1. The largest absolute Gasteiger partial charge is 0.346 e. The molecular formula is C24H30N2O3S. The van der Waals surface area contributed by atoms with Crippen molar-refractivity contribution in [2.45, 2.75) is 62.8 Å². The van der Waals surface area contributed by atoms with E-state index in [2.05, 4.69) is 23.5 Å². The predicted molar refractivity (Wildman–Crippen MR) is 118 cm³/mol. The Kier molecular flexibility index (Phi) is 6.25. The van der Waals surface area contributed by atoms with E-state index in [4.69, 9.17) is 0 Å². The highest BCUT2D eigenvalue weighted by Gasteiger charge is 2.26. The molecule has 0 spiro atoms. The van der Waals surface area contributed by atoms with Gasteiger partial charge in [0.2, 0.25) is 10.0 Å². The van der Waals surface area contributed by atoms with Gasteiger partial charge in [-0.25, -0.2) is 8.42 Å². The van der Waals surface area contributed by atoms with Crippen LogP contribution in [0.4, 0.5) is 0 Å². The Balaban J connectivity index is 1.49. The lowest BCUT2D eigenvalue weighted by Gasteiger charge is -2.26. The Morgan fingerprint density at radius 2 is 1.67 bits per heavy atom. The average molecular weight is 427 g/mol. The maximum atomic E-state index is 12.9. The number of piperidine rings is 1. The molecule has 1 aliphatic carbocycles. The van der Waals surface area contributed by atoms with Crippen LogP contribution in [0.1, 0.15) is 72.1 Å². The molecule has 2 aromatic rings. The van der Waals surface area contributed by atoms with E-state index in [-0.39, 0.29) is 16.8 Å². The Morgan fingerprint density at radius 1 is 0.933 bits per heavy atom. The standard InChI is InChI=1S/C24H30N2O3S/c1-18(20-13-12-19-8-3-4-9-21(19)16-20)25-24(27)22-10-7-11-23(17-22)30(28,29)26-14-5-2-6-15-26/h7,10-13,16-18H,2-6,8-9,14-15H2,1H3,(H,25,27). The molecule has 1 aliphatic heterocycles. The summed E-state index contributed by atoms with van der Waals surface area (Å²) in [6, 6.07) is 12.7. The molecule has 2 aromatic carbocycles. The highest BCUT2D eigenvalue weighted by atomic mass is 32.2. The number of aryl methyl sites for hydroxylation is 2. The topological polar surface area (TPSA) is 66.5 Å². The zero-order valence-electron chi connectivity index (χ0n) is 17.6. The molecule has 0 aromatic heterocycles. The minimum absolute atomic E-state index is 0.146. The van der Waals surface area contributed by atoms with Gasteiger partial charge >= 0.3 is 0 Å². The van der Waals surface area contributed by atoms with Crippen LogP contribution >= 0.6 is 0 Å². The summed E-state index contributed by atoms with van der Waals surface area (Å²) in [5, 5.41) is 3.03. The van der Waals surface area contributed by atoms with Crippen LogP contribution in [0.5, 0.6) is 0 Å². The number of carbonyl (C=O) groups is 1. The lowest BCUT2D eigenvalue weighted by molar-refractivity contribution is 0.0939. The quantitative estimate of drug-likeness (QED) is 0.778. The molecule has 160 valence electrons. The van der Waals surface area contributed by atoms with Crippen LogP contribution in [-0.2, 0) is 22.9 Å². The number of fused-ring (bicyclic) bond motifs is 1. The summed E-state index contributed by atoms with van der Waals surface area (Å²) in [5.41, 5.74) is 4.26. The first-order valence-electron chi connectivity index (χ1n) is 11.0. The van der Waals surface area contributed by atoms with E-state index in [1.807, 2.05) is 6.92 Å². The van der Waals surface area contributed by atoms with Crippen molar-refractivity contribution in [2.24, 2.45) is 0 Å². The fourth-order valence-corrected chi connectivity index (χ4v) is 6.00. The molecule has 1 atom stereocenters. The Hall–Kier alpha value is -2.18.